The van der Waals surface area contributed by atoms with E-state index in [0.717, 1.165) is 17.8 Å². The molecule has 0 N–H and O–H groups in total. The van der Waals surface area contributed by atoms with E-state index >= 15 is 0 Å². The summed E-state index contributed by atoms with van der Waals surface area (Å²) in [5.74, 6) is 3.29. The molecule has 2 fully saturated rings. The van der Waals surface area contributed by atoms with Crippen molar-refractivity contribution in [3.8, 4) is 0 Å². The molecule has 2 unspecified atom stereocenters. The first-order chi connectivity index (χ1) is 5.90. The van der Waals surface area contributed by atoms with Gasteiger partial charge in [-0.15, -0.1) is 0 Å². The van der Waals surface area contributed by atoms with Gasteiger partial charge in [-0.2, -0.15) is 0 Å². The SMILES string of the molecule is C1=C2CC3CC(CC1)CC(C2)C3. The summed E-state index contributed by atoms with van der Waals surface area (Å²) < 4.78 is 0. The third-order valence-corrected chi connectivity index (χ3v) is 4.11. The van der Waals surface area contributed by atoms with Gasteiger partial charge in [0.15, 0.2) is 0 Å². The van der Waals surface area contributed by atoms with Crippen LogP contribution >= 0.6 is 0 Å². The molecule has 0 spiro atoms. The first-order valence-electron chi connectivity index (χ1n) is 5.58. The van der Waals surface area contributed by atoms with Crippen LogP contribution in [0.2, 0.25) is 0 Å². The summed E-state index contributed by atoms with van der Waals surface area (Å²) in [5, 5.41) is 0. The van der Waals surface area contributed by atoms with Gasteiger partial charge in [0.1, 0.15) is 0 Å². The van der Waals surface area contributed by atoms with Crippen LogP contribution in [-0.2, 0) is 0 Å². The topological polar surface area (TPSA) is 0 Å². The lowest BCUT2D eigenvalue weighted by atomic mass is 9.64. The van der Waals surface area contributed by atoms with Crippen molar-refractivity contribution in [2.24, 2.45) is 17.8 Å². The average Bonchev–Trinajstić information content (AvgIpc) is 1.99. The highest BCUT2D eigenvalue weighted by atomic mass is 14.4. The molecule has 66 valence electrons. The maximum absolute atomic E-state index is 2.56. The Morgan fingerprint density at radius 3 is 2.33 bits per heavy atom. The Hall–Kier alpha value is -0.260. The van der Waals surface area contributed by atoms with Crippen molar-refractivity contribution in [1.82, 2.24) is 0 Å². The van der Waals surface area contributed by atoms with Gasteiger partial charge in [0.2, 0.25) is 0 Å². The second-order valence-corrected chi connectivity index (χ2v) is 5.15. The van der Waals surface area contributed by atoms with Gasteiger partial charge in [-0.25, -0.2) is 0 Å². The highest BCUT2D eigenvalue weighted by molar-refractivity contribution is 5.11. The molecule has 0 nitrogen and oxygen atoms in total. The minimum absolute atomic E-state index is 1.09. The highest BCUT2D eigenvalue weighted by Crippen LogP contribution is 2.47. The molecule has 0 radical (unpaired) electrons. The molecule has 0 aromatic carbocycles. The molecule has 0 saturated heterocycles. The zero-order valence-corrected chi connectivity index (χ0v) is 7.76. The molecule has 0 aromatic rings. The van der Waals surface area contributed by atoms with E-state index in [1.165, 1.54) is 25.7 Å². The van der Waals surface area contributed by atoms with Crippen LogP contribution in [0.5, 0.6) is 0 Å². The molecule has 2 atom stereocenters. The normalized spacial score (nSPS) is 45.3. The van der Waals surface area contributed by atoms with Crippen LogP contribution in [0.25, 0.3) is 0 Å². The van der Waals surface area contributed by atoms with Gasteiger partial charge in [-0.05, 0) is 62.7 Å². The standard InChI is InChI=1S/C12H18/c1-2-9-4-11-6-10(3-1)7-12(5-9)8-11/h2,10-12H,1,3-8H2. The maximum Gasteiger partial charge on any atom is -0.0291 e. The number of allylic oxidation sites excluding steroid dienone is 2. The summed E-state index contributed by atoms with van der Waals surface area (Å²) in [7, 11) is 0. The predicted octanol–water partition coefficient (Wildman–Crippen LogP) is 3.53. The Labute approximate surface area is 75.0 Å². The minimum atomic E-state index is 1.09. The van der Waals surface area contributed by atoms with Gasteiger partial charge in [0.25, 0.3) is 0 Å². The van der Waals surface area contributed by atoms with Gasteiger partial charge in [0.05, 0.1) is 0 Å². The maximum atomic E-state index is 2.56. The second-order valence-electron chi connectivity index (χ2n) is 5.15. The Morgan fingerprint density at radius 2 is 1.58 bits per heavy atom. The lowest BCUT2D eigenvalue weighted by Gasteiger charge is -2.42. The highest BCUT2D eigenvalue weighted by Gasteiger charge is 2.34. The van der Waals surface area contributed by atoms with Crippen molar-refractivity contribution in [1.29, 1.82) is 0 Å². The monoisotopic (exact) mass is 162 g/mol. The summed E-state index contributed by atoms with van der Waals surface area (Å²) in [4.78, 5) is 0. The van der Waals surface area contributed by atoms with E-state index in [4.69, 9.17) is 0 Å². The summed E-state index contributed by atoms with van der Waals surface area (Å²) in [6.07, 6.45) is 13.1. The molecule has 12 heavy (non-hydrogen) atoms. The predicted molar refractivity (Wildman–Crippen MR) is 50.9 cm³/mol. The molecule has 0 heteroatoms. The fraction of sp³-hybridized carbons (Fsp3) is 0.833. The van der Waals surface area contributed by atoms with E-state index in [1.54, 1.807) is 19.3 Å². The largest absolute Gasteiger partial charge is 0.0853 e. The first kappa shape index (κ1) is 7.17. The van der Waals surface area contributed by atoms with Gasteiger partial charge in [0, 0.05) is 0 Å². The molecular weight excluding hydrogens is 144 g/mol. The number of rotatable bonds is 0. The van der Waals surface area contributed by atoms with E-state index in [9.17, 15) is 0 Å². The van der Waals surface area contributed by atoms with Gasteiger partial charge in [-0.3, -0.25) is 0 Å². The lowest BCUT2D eigenvalue weighted by molar-refractivity contribution is 0.153. The van der Waals surface area contributed by atoms with E-state index in [1.807, 2.05) is 5.57 Å². The first-order valence-corrected chi connectivity index (χ1v) is 5.58. The van der Waals surface area contributed by atoms with Crippen molar-refractivity contribution in [3.05, 3.63) is 11.6 Å². The third-order valence-electron chi connectivity index (χ3n) is 4.11. The van der Waals surface area contributed by atoms with Gasteiger partial charge >= 0.3 is 0 Å². The Kier molecular flexibility index (Phi) is 1.56. The van der Waals surface area contributed by atoms with Crippen molar-refractivity contribution < 1.29 is 0 Å². The zero-order chi connectivity index (χ0) is 7.97. The van der Waals surface area contributed by atoms with Gasteiger partial charge < -0.3 is 0 Å². The van der Waals surface area contributed by atoms with Crippen molar-refractivity contribution in [2.75, 3.05) is 0 Å². The fourth-order valence-electron chi connectivity index (χ4n) is 3.79. The second kappa shape index (κ2) is 2.61. The Bertz CT molecular complexity index is 198. The Balaban J connectivity index is 1.93. The molecule has 4 aliphatic rings. The average molecular weight is 162 g/mol. The van der Waals surface area contributed by atoms with Crippen LogP contribution in [0.1, 0.15) is 44.9 Å². The quantitative estimate of drug-likeness (QED) is 0.478. The summed E-state index contributed by atoms with van der Waals surface area (Å²) in [5.41, 5.74) is 1.81. The van der Waals surface area contributed by atoms with Crippen LogP contribution in [0.4, 0.5) is 0 Å². The summed E-state index contributed by atoms with van der Waals surface area (Å²) in [6.45, 7) is 0. The molecular formula is C12H18. The van der Waals surface area contributed by atoms with Gasteiger partial charge in [-0.1, -0.05) is 11.6 Å². The van der Waals surface area contributed by atoms with E-state index in [2.05, 4.69) is 6.08 Å². The van der Waals surface area contributed by atoms with Crippen LogP contribution in [0, 0.1) is 17.8 Å². The van der Waals surface area contributed by atoms with Crippen LogP contribution in [-0.4, -0.2) is 0 Å². The van der Waals surface area contributed by atoms with Crippen molar-refractivity contribution in [2.45, 2.75) is 44.9 Å². The molecule has 0 aliphatic heterocycles. The zero-order valence-electron chi connectivity index (χ0n) is 7.76. The molecule has 0 aromatic heterocycles. The Morgan fingerprint density at radius 1 is 0.917 bits per heavy atom. The third kappa shape index (κ3) is 1.12. The number of hydrogen-bond donors (Lipinski definition) is 0. The van der Waals surface area contributed by atoms with Crippen molar-refractivity contribution in [3.63, 3.8) is 0 Å². The van der Waals surface area contributed by atoms with Crippen LogP contribution in [0.15, 0.2) is 11.6 Å². The lowest BCUT2D eigenvalue weighted by Crippen LogP contribution is -2.29. The van der Waals surface area contributed by atoms with E-state index in [0.29, 0.717) is 0 Å². The number of fused-ring (bicyclic) bond motifs is 2. The number of hydrogen-bond acceptors (Lipinski definition) is 0. The summed E-state index contributed by atoms with van der Waals surface area (Å²) >= 11 is 0. The van der Waals surface area contributed by atoms with Crippen LogP contribution in [0.3, 0.4) is 0 Å². The van der Waals surface area contributed by atoms with E-state index < -0.39 is 0 Å². The molecule has 4 bridgehead atoms. The van der Waals surface area contributed by atoms with Crippen molar-refractivity contribution >= 4 is 0 Å². The molecule has 4 rings (SSSR count). The molecule has 0 amide bonds. The van der Waals surface area contributed by atoms with Crippen LogP contribution < -0.4 is 0 Å². The minimum Gasteiger partial charge on any atom is -0.0853 e. The molecule has 4 aliphatic carbocycles. The molecule has 2 saturated carbocycles. The fourth-order valence-corrected chi connectivity index (χ4v) is 3.79. The molecule has 0 heterocycles. The summed E-state index contributed by atoms with van der Waals surface area (Å²) in [6, 6.07) is 0. The van der Waals surface area contributed by atoms with E-state index in [-0.39, 0.29) is 0 Å². The smallest absolute Gasteiger partial charge is 0.0291 e.